The van der Waals surface area contributed by atoms with Crippen molar-refractivity contribution in [2.24, 2.45) is 5.92 Å². The molecule has 1 heterocycles. The van der Waals surface area contributed by atoms with Gasteiger partial charge in [-0.05, 0) is 43.5 Å². The smallest absolute Gasteiger partial charge is 0.237 e. The molecular weight excluding hydrogens is 314 g/mol. The molecule has 2 rings (SSSR count). The zero-order valence-corrected chi connectivity index (χ0v) is 14.5. The van der Waals surface area contributed by atoms with E-state index in [0.29, 0.717) is 6.54 Å². The van der Waals surface area contributed by atoms with Gasteiger partial charge in [-0.15, -0.1) is 12.4 Å². The zero-order chi connectivity index (χ0) is 15.9. The second-order valence-corrected chi connectivity index (χ2v) is 5.87. The van der Waals surface area contributed by atoms with Crippen molar-refractivity contribution in [3.8, 4) is 0 Å². The minimum Gasteiger partial charge on any atom is -0.351 e. The van der Waals surface area contributed by atoms with Crippen molar-refractivity contribution in [2.75, 3.05) is 11.9 Å². The highest BCUT2D eigenvalue weighted by atomic mass is 35.5. The average molecular weight is 340 g/mol. The van der Waals surface area contributed by atoms with Crippen LogP contribution in [0, 0.1) is 5.92 Å². The fraction of sp³-hybridized carbons (Fsp3) is 0.529. The van der Waals surface area contributed by atoms with Crippen LogP contribution in [-0.2, 0) is 16.1 Å². The largest absolute Gasteiger partial charge is 0.351 e. The molecule has 1 aromatic rings. The van der Waals surface area contributed by atoms with Gasteiger partial charge >= 0.3 is 0 Å². The second kappa shape index (κ2) is 9.53. The van der Waals surface area contributed by atoms with Crippen LogP contribution < -0.4 is 16.0 Å². The topological polar surface area (TPSA) is 70.2 Å². The first-order chi connectivity index (χ1) is 10.6. The number of hydrogen-bond donors (Lipinski definition) is 3. The molecule has 3 N–H and O–H groups in total. The zero-order valence-electron chi connectivity index (χ0n) is 13.7. The van der Waals surface area contributed by atoms with Crippen LogP contribution in [0.2, 0.25) is 0 Å². The van der Waals surface area contributed by atoms with Crippen LogP contribution in [0.4, 0.5) is 5.69 Å². The summed E-state index contributed by atoms with van der Waals surface area (Å²) in [5, 5.41) is 9.03. The Morgan fingerprint density at radius 1 is 1.39 bits per heavy atom. The van der Waals surface area contributed by atoms with Gasteiger partial charge in [-0.25, -0.2) is 0 Å². The Morgan fingerprint density at radius 3 is 2.83 bits per heavy atom. The van der Waals surface area contributed by atoms with Crippen LogP contribution in [0.1, 0.15) is 38.7 Å². The Bertz CT molecular complexity index is 530. The first-order valence-electron chi connectivity index (χ1n) is 8.01. The SMILES string of the molecule is CCC(C)C(=O)Nc1cccc(CNC(=O)C2CCCN2)c1.Cl. The van der Waals surface area contributed by atoms with Crippen LogP contribution in [0.5, 0.6) is 0 Å². The molecule has 1 aliphatic rings. The van der Waals surface area contributed by atoms with Crippen molar-refractivity contribution in [3.63, 3.8) is 0 Å². The van der Waals surface area contributed by atoms with Gasteiger partial charge in [-0.1, -0.05) is 26.0 Å². The third-order valence-corrected chi connectivity index (χ3v) is 4.10. The average Bonchev–Trinajstić information content (AvgIpc) is 3.06. The van der Waals surface area contributed by atoms with Crippen molar-refractivity contribution in [1.82, 2.24) is 10.6 Å². The van der Waals surface area contributed by atoms with Gasteiger partial charge in [0.15, 0.2) is 0 Å². The molecule has 1 saturated heterocycles. The van der Waals surface area contributed by atoms with Gasteiger partial charge in [0, 0.05) is 18.2 Å². The van der Waals surface area contributed by atoms with E-state index < -0.39 is 0 Å². The van der Waals surface area contributed by atoms with Crippen LogP contribution in [0.3, 0.4) is 0 Å². The van der Waals surface area contributed by atoms with Crippen molar-refractivity contribution in [3.05, 3.63) is 29.8 Å². The van der Waals surface area contributed by atoms with E-state index in [0.717, 1.165) is 37.1 Å². The molecule has 2 amide bonds. The summed E-state index contributed by atoms with van der Waals surface area (Å²) >= 11 is 0. The van der Waals surface area contributed by atoms with Crippen LogP contribution in [0.25, 0.3) is 0 Å². The Balaban J connectivity index is 0.00000264. The summed E-state index contributed by atoms with van der Waals surface area (Å²) in [5.74, 6) is 0.0715. The van der Waals surface area contributed by atoms with Gasteiger partial charge < -0.3 is 16.0 Å². The molecule has 0 radical (unpaired) electrons. The quantitative estimate of drug-likeness (QED) is 0.745. The van der Waals surface area contributed by atoms with E-state index in [1.165, 1.54) is 0 Å². The van der Waals surface area contributed by atoms with E-state index >= 15 is 0 Å². The number of halogens is 1. The summed E-state index contributed by atoms with van der Waals surface area (Å²) in [6, 6.07) is 7.54. The Morgan fingerprint density at radius 2 is 2.17 bits per heavy atom. The van der Waals surface area contributed by atoms with Gasteiger partial charge in [0.1, 0.15) is 0 Å². The summed E-state index contributed by atoms with van der Waals surface area (Å²) in [6.07, 6.45) is 2.77. The highest BCUT2D eigenvalue weighted by Crippen LogP contribution is 2.13. The minimum atomic E-state index is -0.0618. The lowest BCUT2D eigenvalue weighted by molar-refractivity contribution is -0.123. The van der Waals surface area contributed by atoms with Crippen LogP contribution in [-0.4, -0.2) is 24.4 Å². The number of nitrogens with one attached hydrogen (secondary N) is 3. The molecule has 1 aromatic carbocycles. The number of carbonyl (C=O) groups excluding carboxylic acids is 2. The van der Waals surface area contributed by atoms with Crippen LogP contribution in [0.15, 0.2) is 24.3 Å². The number of benzene rings is 1. The molecule has 2 unspecified atom stereocenters. The minimum absolute atomic E-state index is 0. The highest BCUT2D eigenvalue weighted by Gasteiger charge is 2.21. The molecule has 1 aliphatic heterocycles. The monoisotopic (exact) mass is 339 g/mol. The van der Waals surface area contributed by atoms with Crippen LogP contribution >= 0.6 is 12.4 Å². The molecule has 0 aromatic heterocycles. The first-order valence-corrected chi connectivity index (χ1v) is 8.01. The second-order valence-electron chi connectivity index (χ2n) is 5.87. The van der Waals surface area contributed by atoms with E-state index in [-0.39, 0.29) is 36.2 Å². The number of rotatable bonds is 6. The molecule has 6 heteroatoms. The van der Waals surface area contributed by atoms with E-state index in [9.17, 15) is 9.59 Å². The lowest BCUT2D eigenvalue weighted by Gasteiger charge is -2.13. The molecule has 2 atom stereocenters. The number of amides is 2. The maximum absolute atomic E-state index is 12.0. The number of anilines is 1. The van der Waals surface area contributed by atoms with E-state index in [2.05, 4.69) is 16.0 Å². The van der Waals surface area contributed by atoms with Gasteiger partial charge in [-0.3, -0.25) is 9.59 Å². The van der Waals surface area contributed by atoms with Crippen molar-refractivity contribution >= 4 is 29.9 Å². The fourth-order valence-electron chi connectivity index (χ4n) is 2.43. The predicted octanol–water partition coefficient (Wildman–Crippen LogP) is 2.46. The molecule has 0 aliphatic carbocycles. The third kappa shape index (κ3) is 5.84. The summed E-state index contributed by atoms with van der Waals surface area (Å²) in [5.41, 5.74) is 1.75. The maximum Gasteiger partial charge on any atom is 0.237 e. The molecule has 0 saturated carbocycles. The van der Waals surface area contributed by atoms with E-state index in [4.69, 9.17) is 0 Å². The molecule has 128 valence electrons. The number of carbonyl (C=O) groups is 2. The lowest BCUT2D eigenvalue weighted by atomic mass is 10.1. The summed E-state index contributed by atoms with van der Waals surface area (Å²) in [6.45, 7) is 5.29. The summed E-state index contributed by atoms with van der Waals surface area (Å²) in [7, 11) is 0. The van der Waals surface area contributed by atoms with E-state index in [1.807, 2.05) is 38.1 Å². The van der Waals surface area contributed by atoms with Gasteiger partial charge in [0.05, 0.1) is 6.04 Å². The van der Waals surface area contributed by atoms with Crippen molar-refractivity contribution in [2.45, 2.75) is 45.7 Å². The Kier molecular flexibility index (Phi) is 8.06. The summed E-state index contributed by atoms with van der Waals surface area (Å²) < 4.78 is 0. The normalized spacial score (nSPS) is 17.9. The highest BCUT2D eigenvalue weighted by molar-refractivity contribution is 5.92. The molecule has 0 bridgehead atoms. The van der Waals surface area contributed by atoms with Crippen molar-refractivity contribution < 1.29 is 9.59 Å². The van der Waals surface area contributed by atoms with Crippen molar-refractivity contribution in [1.29, 1.82) is 0 Å². The molecule has 23 heavy (non-hydrogen) atoms. The first kappa shape index (κ1) is 19.5. The summed E-state index contributed by atoms with van der Waals surface area (Å²) in [4.78, 5) is 23.9. The molecular formula is C17H26ClN3O2. The predicted molar refractivity (Wildman–Crippen MR) is 94.6 cm³/mol. The fourth-order valence-corrected chi connectivity index (χ4v) is 2.43. The van der Waals surface area contributed by atoms with Gasteiger partial charge in [0.25, 0.3) is 0 Å². The standard InChI is InChI=1S/C17H25N3O2.ClH/c1-3-12(2)16(21)20-14-7-4-6-13(10-14)11-19-17(22)15-8-5-9-18-15;/h4,6-7,10,12,15,18H,3,5,8-9,11H2,1-2H3,(H,19,22)(H,20,21);1H. The third-order valence-electron chi connectivity index (χ3n) is 4.10. The van der Waals surface area contributed by atoms with E-state index in [1.54, 1.807) is 0 Å². The Labute approximate surface area is 144 Å². The Hall–Kier alpha value is -1.59. The maximum atomic E-state index is 12.0. The molecule has 1 fully saturated rings. The van der Waals surface area contributed by atoms with Gasteiger partial charge in [0.2, 0.25) is 11.8 Å². The van der Waals surface area contributed by atoms with Gasteiger partial charge in [-0.2, -0.15) is 0 Å². The molecule has 5 nitrogen and oxygen atoms in total. The lowest BCUT2D eigenvalue weighted by Crippen LogP contribution is -2.40. The number of hydrogen-bond acceptors (Lipinski definition) is 3. The molecule has 0 spiro atoms.